The molecule has 25 heavy (non-hydrogen) atoms. The molecule has 1 aromatic carbocycles. The molecule has 1 N–H and O–H groups in total. The molecular formula is C18H19N5O2. The molecule has 1 atom stereocenters. The van der Waals surface area contributed by atoms with Gasteiger partial charge in [0.25, 0.3) is 11.5 Å². The number of aromatic amines is 1. The maximum absolute atomic E-state index is 13.0. The molecule has 128 valence electrons. The molecule has 7 heteroatoms. The van der Waals surface area contributed by atoms with Crippen LogP contribution in [0.1, 0.15) is 34.9 Å². The maximum atomic E-state index is 13.0. The van der Waals surface area contributed by atoms with Crippen molar-refractivity contribution in [1.82, 2.24) is 24.9 Å². The number of carbonyl (C=O) groups excluding carboxylic acids is 1. The Morgan fingerprint density at radius 1 is 1.28 bits per heavy atom. The number of rotatable bonds is 2. The molecule has 1 amide bonds. The molecule has 1 unspecified atom stereocenters. The zero-order valence-corrected chi connectivity index (χ0v) is 14.0. The van der Waals surface area contributed by atoms with Crippen LogP contribution in [0.5, 0.6) is 0 Å². The lowest BCUT2D eigenvalue weighted by atomic mass is 10.0. The van der Waals surface area contributed by atoms with Crippen LogP contribution >= 0.6 is 0 Å². The number of nitrogens with one attached hydrogen (secondary N) is 1. The highest BCUT2D eigenvalue weighted by atomic mass is 16.2. The molecule has 1 fully saturated rings. The van der Waals surface area contributed by atoms with Gasteiger partial charge in [-0.1, -0.05) is 18.2 Å². The average Bonchev–Trinajstić information content (AvgIpc) is 3.08. The van der Waals surface area contributed by atoms with E-state index in [0.717, 1.165) is 18.4 Å². The van der Waals surface area contributed by atoms with E-state index in [9.17, 15) is 9.59 Å². The lowest BCUT2D eigenvalue weighted by molar-refractivity contribution is 0.0668. The summed E-state index contributed by atoms with van der Waals surface area (Å²) in [6.45, 7) is 3.28. The number of likely N-dealkylation sites (tertiary alicyclic amines) is 1. The Morgan fingerprint density at radius 3 is 2.84 bits per heavy atom. The van der Waals surface area contributed by atoms with E-state index in [1.165, 1.54) is 0 Å². The van der Waals surface area contributed by atoms with E-state index in [1.54, 1.807) is 23.1 Å². The lowest BCUT2D eigenvalue weighted by Crippen LogP contribution is -2.41. The Morgan fingerprint density at radius 2 is 2.08 bits per heavy atom. The quantitative estimate of drug-likeness (QED) is 0.774. The van der Waals surface area contributed by atoms with E-state index < -0.39 is 0 Å². The Bertz CT molecular complexity index is 990. The fraction of sp³-hybridized carbons (Fsp3) is 0.333. The Kier molecular flexibility index (Phi) is 3.83. The summed E-state index contributed by atoms with van der Waals surface area (Å²) < 4.78 is 1.94. The number of piperidine rings is 1. The van der Waals surface area contributed by atoms with E-state index >= 15 is 0 Å². The van der Waals surface area contributed by atoms with Crippen molar-refractivity contribution in [2.75, 3.05) is 13.1 Å². The van der Waals surface area contributed by atoms with Crippen molar-refractivity contribution in [3.05, 3.63) is 58.3 Å². The number of H-pyrrole nitrogens is 1. The number of benzene rings is 1. The van der Waals surface area contributed by atoms with Crippen molar-refractivity contribution in [2.45, 2.75) is 25.8 Å². The number of hydrogen-bond acceptors (Lipinski definition) is 4. The third kappa shape index (κ3) is 2.82. The van der Waals surface area contributed by atoms with Gasteiger partial charge in [0.05, 0.1) is 17.6 Å². The van der Waals surface area contributed by atoms with Gasteiger partial charge in [-0.15, -0.1) is 0 Å². The maximum Gasteiger partial charge on any atom is 0.275 e. The number of aryl methyl sites for hydroxylation is 1. The van der Waals surface area contributed by atoms with Crippen LogP contribution in [-0.4, -0.2) is 43.9 Å². The van der Waals surface area contributed by atoms with Crippen LogP contribution in [0.3, 0.4) is 0 Å². The first-order chi connectivity index (χ1) is 12.1. The van der Waals surface area contributed by atoms with Crippen molar-refractivity contribution >= 4 is 16.7 Å². The molecule has 2 aromatic heterocycles. The fourth-order valence-corrected chi connectivity index (χ4v) is 3.42. The van der Waals surface area contributed by atoms with Gasteiger partial charge in [-0.2, -0.15) is 10.2 Å². The minimum Gasteiger partial charge on any atom is -0.335 e. The summed E-state index contributed by atoms with van der Waals surface area (Å²) in [4.78, 5) is 26.7. The number of hydrogen-bond donors (Lipinski definition) is 1. The number of amides is 1. The Labute approximate surface area is 144 Å². The molecule has 3 aromatic rings. The van der Waals surface area contributed by atoms with Crippen molar-refractivity contribution in [2.24, 2.45) is 0 Å². The third-order valence-corrected chi connectivity index (χ3v) is 4.69. The standard InChI is InChI=1S/C18H19N5O2/c1-12-9-19-23(10-12)13-5-4-8-22(11-13)18(25)16-14-6-2-3-7-15(14)17(24)21-20-16/h2-3,6-7,9-10,13H,4-5,8,11H2,1H3,(H,21,24). The summed E-state index contributed by atoms with van der Waals surface area (Å²) in [5.74, 6) is -0.152. The monoisotopic (exact) mass is 337 g/mol. The summed E-state index contributed by atoms with van der Waals surface area (Å²) in [5, 5.41) is 11.9. The summed E-state index contributed by atoms with van der Waals surface area (Å²) in [7, 11) is 0. The molecule has 0 spiro atoms. The molecule has 1 saturated heterocycles. The first-order valence-corrected chi connectivity index (χ1v) is 8.41. The minimum atomic E-state index is -0.282. The smallest absolute Gasteiger partial charge is 0.275 e. The van der Waals surface area contributed by atoms with Crippen LogP contribution in [0.25, 0.3) is 10.8 Å². The van der Waals surface area contributed by atoms with Crippen molar-refractivity contribution in [3.8, 4) is 0 Å². The highest BCUT2D eigenvalue weighted by Gasteiger charge is 2.28. The van der Waals surface area contributed by atoms with Crippen LogP contribution in [0.4, 0.5) is 0 Å². The zero-order valence-electron chi connectivity index (χ0n) is 14.0. The van der Waals surface area contributed by atoms with Crippen LogP contribution in [0, 0.1) is 6.92 Å². The zero-order chi connectivity index (χ0) is 17.4. The van der Waals surface area contributed by atoms with Gasteiger partial charge in [-0.25, -0.2) is 5.10 Å². The highest BCUT2D eigenvalue weighted by Crippen LogP contribution is 2.23. The molecule has 3 heterocycles. The van der Waals surface area contributed by atoms with Gasteiger partial charge in [0.2, 0.25) is 0 Å². The second-order valence-corrected chi connectivity index (χ2v) is 6.49. The van der Waals surface area contributed by atoms with E-state index in [4.69, 9.17) is 0 Å². The minimum absolute atomic E-state index is 0.152. The highest BCUT2D eigenvalue weighted by molar-refractivity contribution is 6.04. The topological polar surface area (TPSA) is 83.9 Å². The first-order valence-electron chi connectivity index (χ1n) is 8.41. The SMILES string of the molecule is Cc1cnn(C2CCCN(C(=O)c3n[nH]c(=O)c4ccccc34)C2)c1. The number of carbonyl (C=O) groups is 1. The van der Waals surface area contributed by atoms with Gasteiger partial charge in [0.1, 0.15) is 0 Å². The number of nitrogens with zero attached hydrogens (tertiary/aromatic N) is 4. The molecule has 1 aliphatic heterocycles. The molecule has 0 aliphatic carbocycles. The summed E-state index contributed by atoms with van der Waals surface area (Å²) >= 11 is 0. The molecule has 4 rings (SSSR count). The molecule has 0 radical (unpaired) electrons. The van der Waals surface area contributed by atoms with Gasteiger partial charge in [-0.05, 0) is 31.4 Å². The van der Waals surface area contributed by atoms with E-state index in [1.807, 2.05) is 30.1 Å². The van der Waals surface area contributed by atoms with Crippen LogP contribution < -0.4 is 5.56 Å². The van der Waals surface area contributed by atoms with E-state index in [2.05, 4.69) is 15.3 Å². The van der Waals surface area contributed by atoms with E-state index in [-0.39, 0.29) is 17.5 Å². The summed E-state index contributed by atoms with van der Waals surface area (Å²) in [6.07, 6.45) is 5.74. The average molecular weight is 337 g/mol. The van der Waals surface area contributed by atoms with Gasteiger partial charge in [-0.3, -0.25) is 14.3 Å². The summed E-state index contributed by atoms with van der Waals surface area (Å²) in [5.41, 5.74) is 1.12. The number of fused-ring (bicyclic) bond motifs is 1. The normalized spacial score (nSPS) is 17.8. The third-order valence-electron chi connectivity index (χ3n) is 4.69. The molecule has 1 aliphatic rings. The van der Waals surface area contributed by atoms with Crippen molar-refractivity contribution < 1.29 is 4.79 Å². The second kappa shape index (κ2) is 6.16. The first kappa shape index (κ1) is 15.6. The van der Waals surface area contributed by atoms with Crippen LogP contribution in [-0.2, 0) is 0 Å². The Balaban J connectivity index is 1.65. The number of aromatic nitrogens is 4. The molecule has 0 bridgehead atoms. The summed E-state index contributed by atoms with van der Waals surface area (Å²) in [6, 6.07) is 7.23. The predicted octanol–water partition coefficient (Wildman–Crippen LogP) is 1.91. The Hall–Kier alpha value is -2.96. The largest absolute Gasteiger partial charge is 0.335 e. The second-order valence-electron chi connectivity index (χ2n) is 6.49. The predicted molar refractivity (Wildman–Crippen MR) is 93.5 cm³/mol. The van der Waals surface area contributed by atoms with Gasteiger partial charge in [0, 0.05) is 24.7 Å². The van der Waals surface area contributed by atoms with Crippen molar-refractivity contribution in [1.29, 1.82) is 0 Å². The lowest BCUT2D eigenvalue weighted by Gasteiger charge is -2.32. The molecular weight excluding hydrogens is 318 g/mol. The molecule has 0 saturated carbocycles. The van der Waals surface area contributed by atoms with Gasteiger partial charge in [0.15, 0.2) is 5.69 Å². The van der Waals surface area contributed by atoms with Crippen LogP contribution in [0.15, 0.2) is 41.5 Å². The fourth-order valence-electron chi connectivity index (χ4n) is 3.42. The van der Waals surface area contributed by atoms with E-state index in [0.29, 0.717) is 29.6 Å². The van der Waals surface area contributed by atoms with Gasteiger partial charge < -0.3 is 4.90 Å². The van der Waals surface area contributed by atoms with Crippen molar-refractivity contribution in [3.63, 3.8) is 0 Å². The molecule has 7 nitrogen and oxygen atoms in total. The van der Waals surface area contributed by atoms with Crippen LogP contribution in [0.2, 0.25) is 0 Å². The van der Waals surface area contributed by atoms with Gasteiger partial charge >= 0.3 is 0 Å².